The highest BCUT2D eigenvalue weighted by atomic mass is 35.5. The van der Waals surface area contributed by atoms with Crippen molar-refractivity contribution in [1.29, 1.82) is 0 Å². The van der Waals surface area contributed by atoms with Crippen molar-refractivity contribution in [2.75, 3.05) is 33.4 Å². The Morgan fingerprint density at radius 3 is 2.68 bits per heavy atom. The van der Waals surface area contributed by atoms with Crippen LogP contribution in [0.15, 0.2) is 24.4 Å². The summed E-state index contributed by atoms with van der Waals surface area (Å²) in [6.45, 7) is 7.91. The van der Waals surface area contributed by atoms with Crippen molar-refractivity contribution in [3.05, 3.63) is 35.0 Å². The Balaban J connectivity index is 1.44. The molecule has 1 N–H and O–H groups in total. The second kappa shape index (κ2) is 11.8. The molecule has 1 unspecified atom stereocenters. The highest BCUT2D eigenvalue weighted by Crippen LogP contribution is 2.32. The van der Waals surface area contributed by atoms with E-state index in [1.807, 2.05) is 44.0 Å². The molecule has 38 heavy (non-hydrogen) atoms. The number of nitrogens with zero attached hydrogens (tertiary/aromatic N) is 3. The molecule has 208 valence electrons. The first-order valence-corrected chi connectivity index (χ1v) is 13.4. The molecule has 0 spiro atoms. The van der Waals surface area contributed by atoms with Crippen molar-refractivity contribution in [3.63, 3.8) is 0 Å². The third kappa shape index (κ3) is 7.11. The summed E-state index contributed by atoms with van der Waals surface area (Å²) in [5.41, 5.74) is 1.35. The van der Waals surface area contributed by atoms with Gasteiger partial charge in [0.25, 0.3) is 5.91 Å². The van der Waals surface area contributed by atoms with Crippen LogP contribution in [-0.2, 0) is 32.1 Å². The lowest BCUT2D eigenvalue weighted by molar-refractivity contribution is -0.150. The van der Waals surface area contributed by atoms with Gasteiger partial charge in [-0.1, -0.05) is 23.7 Å². The summed E-state index contributed by atoms with van der Waals surface area (Å²) >= 11 is 6.48. The van der Waals surface area contributed by atoms with Crippen LogP contribution in [0.4, 0.5) is 9.59 Å². The summed E-state index contributed by atoms with van der Waals surface area (Å²) in [6, 6.07) is 6.20. The van der Waals surface area contributed by atoms with Gasteiger partial charge in [0, 0.05) is 49.3 Å². The van der Waals surface area contributed by atoms with E-state index in [-0.39, 0.29) is 25.1 Å². The normalized spacial score (nSPS) is 17.8. The first kappa shape index (κ1) is 28.0. The molecule has 4 rings (SSSR count). The molecule has 2 aliphatic rings. The Hall–Kier alpha value is -2.98. The van der Waals surface area contributed by atoms with Gasteiger partial charge in [-0.3, -0.25) is 4.79 Å². The quantitative estimate of drug-likeness (QED) is 0.497. The largest absolute Gasteiger partial charge is 0.453 e. The van der Waals surface area contributed by atoms with Gasteiger partial charge in [0.15, 0.2) is 6.10 Å². The van der Waals surface area contributed by atoms with Gasteiger partial charge in [0.2, 0.25) is 0 Å². The minimum Gasteiger partial charge on any atom is -0.453 e. The molecule has 1 saturated heterocycles. The number of morpholine rings is 1. The summed E-state index contributed by atoms with van der Waals surface area (Å²) < 4.78 is 18.0. The van der Waals surface area contributed by atoms with Crippen LogP contribution in [0, 0.1) is 0 Å². The minimum atomic E-state index is -0.721. The van der Waals surface area contributed by atoms with Gasteiger partial charge in [-0.2, -0.15) is 0 Å². The predicted octanol–water partition coefficient (Wildman–Crippen LogP) is 4.17. The summed E-state index contributed by atoms with van der Waals surface area (Å²) in [6.07, 6.45) is 2.89. The van der Waals surface area contributed by atoms with E-state index in [1.54, 1.807) is 4.90 Å². The van der Waals surface area contributed by atoms with E-state index in [0.717, 1.165) is 29.3 Å². The number of aromatic nitrogens is 1. The fourth-order valence-corrected chi connectivity index (χ4v) is 4.81. The Kier molecular flexibility index (Phi) is 8.72. The smallest absolute Gasteiger partial charge is 0.410 e. The topological polar surface area (TPSA) is 102 Å². The molecule has 0 bridgehead atoms. The highest BCUT2D eigenvalue weighted by Gasteiger charge is 2.39. The van der Waals surface area contributed by atoms with Gasteiger partial charge < -0.3 is 33.9 Å². The molecule has 1 atom stereocenters. The van der Waals surface area contributed by atoms with Crippen LogP contribution >= 0.6 is 11.6 Å². The van der Waals surface area contributed by atoms with E-state index < -0.39 is 23.9 Å². The summed E-state index contributed by atoms with van der Waals surface area (Å²) in [4.78, 5) is 40.9. The van der Waals surface area contributed by atoms with E-state index in [9.17, 15) is 14.4 Å². The first-order valence-electron chi connectivity index (χ1n) is 13.0. The lowest BCUT2D eigenvalue weighted by Gasteiger charge is -2.36. The van der Waals surface area contributed by atoms with Crippen molar-refractivity contribution in [3.8, 4) is 0 Å². The van der Waals surface area contributed by atoms with Gasteiger partial charge in [-0.25, -0.2) is 9.59 Å². The standard InChI is InChI=1S/C27H37ClN4O6/c1-27(2,3)38-26(35)31-12-13-37-23(17-31)24(33)32(19-7-8-19)15-18-6-9-20-21(28)16-30(22(20)14-18)11-5-10-29-25(34)36-4/h6,9,14,16,19,23H,5,7-8,10-13,15,17H2,1-4H3,(H,29,34). The average Bonchev–Trinajstić information content (AvgIpc) is 3.68. The van der Waals surface area contributed by atoms with E-state index in [0.29, 0.717) is 37.6 Å². The maximum absolute atomic E-state index is 13.6. The number of fused-ring (bicyclic) bond motifs is 1. The second-order valence-corrected chi connectivity index (χ2v) is 11.2. The number of halogens is 1. The molecule has 10 nitrogen and oxygen atoms in total. The van der Waals surface area contributed by atoms with E-state index in [4.69, 9.17) is 21.1 Å². The predicted molar refractivity (Wildman–Crippen MR) is 143 cm³/mol. The number of carbonyl (C=O) groups excluding carboxylic acids is 3. The molecular weight excluding hydrogens is 512 g/mol. The fourth-order valence-electron chi connectivity index (χ4n) is 4.53. The van der Waals surface area contributed by atoms with E-state index in [1.165, 1.54) is 7.11 Å². The summed E-state index contributed by atoms with van der Waals surface area (Å²) in [5.74, 6) is -0.108. The van der Waals surface area contributed by atoms with Crippen LogP contribution in [0.5, 0.6) is 0 Å². The lowest BCUT2D eigenvalue weighted by atomic mass is 10.1. The zero-order valence-electron chi connectivity index (χ0n) is 22.5. The number of ether oxygens (including phenoxy) is 3. The van der Waals surface area contributed by atoms with E-state index >= 15 is 0 Å². The number of hydrogen-bond donors (Lipinski definition) is 1. The van der Waals surface area contributed by atoms with E-state index in [2.05, 4.69) is 20.7 Å². The zero-order chi connectivity index (χ0) is 27.4. The molecule has 3 amide bonds. The molecule has 0 radical (unpaired) electrons. The molecule has 1 aromatic heterocycles. The molecule has 2 heterocycles. The monoisotopic (exact) mass is 548 g/mol. The average molecular weight is 549 g/mol. The maximum Gasteiger partial charge on any atom is 0.410 e. The number of amides is 3. The van der Waals surface area contributed by atoms with Gasteiger partial charge >= 0.3 is 12.2 Å². The SMILES string of the molecule is COC(=O)NCCCn1cc(Cl)c2ccc(CN(C(=O)C3CN(C(=O)OC(C)(C)C)CCO3)C3CC3)cc21. The number of alkyl carbamates (subject to hydrolysis) is 1. The number of rotatable bonds is 8. The summed E-state index contributed by atoms with van der Waals surface area (Å²) in [5, 5.41) is 4.27. The third-order valence-electron chi connectivity index (χ3n) is 6.55. The van der Waals surface area contributed by atoms with Gasteiger partial charge in [-0.15, -0.1) is 0 Å². The fraction of sp³-hybridized carbons (Fsp3) is 0.593. The second-order valence-electron chi connectivity index (χ2n) is 10.8. The molecule has 1 aliphatic heterocycles. The Labute approximate surface area is 228 Å². The van der Waals surface area contributed by atoms with Crippen LogP contribution in [0.3, 0.4) is 0 Å². The molecule has 1 saturated carbocycles. The number of carbonyl (C=O) groups is 3. The van der Waals surface area contributed by atoms with Crippen molar-refractivity contribution in [2.45, 2.75) is 70.9 Å². The molecule has 1 aliphatic carbocycles. The number of methoxy groups -OCH3 is 1. The van der Waals surface area contributed by atoms with Crippen LogP contribution in [0.1, 0.15) is 45.6 Å². The molecule has 1 aromatic carbocycles. The maximum atomic E-state index is 13.6. The highest BCUT2D eigenvalue weighted by molar-refractivity contribution is 6.35. The van der Waals surface area contributed by atoms with Crippen LogP contribution in [0.2, 0.25) is 5.02 Å². The number of benzene rings is 1. The number of nitrogens with one attached hydrogen (secondary N) is 1. The third-order valence-corrected chi connectivity index (χ3v) is 6.85. The van der Waals surface area contributed by atoms with Gasteiger partial charge in [-0.05, 0) is 51.7 Å². The Bertz CT molecular complexity index is 1170. The Morgan fingerprint density at radius 1 is 1.24 bits per heavy atom. The van der Waals surface area contributed by atoms with Crippen molar-refractivity contribution in [1.82, 2.24) is 19.7 Å². The zero-order valence-corrected chi connectivity index (χ0v) is 23.3. The molecule has 11 heteroatoms. The lowest BCUT2D eigenvalue weighted by Crippen LogP contribution is -2.53. The van der Waals surface area contributed by atoms with Gasteiger partial charge in [0.1, 0.15) is 5.60 Å². The van der Waals surface area contributed by atoms with Crippen molar-refractivity contribution < 1.29 is 28.6 Å². The van der Waals surface area contributed by atoms with Crippen LogP contribution in [-0.4, -0.2) is 83.6 Å². The number of hydrogen-bond acceptors (Lipinski definition) is 6. The molecular formula is C27H37ClN4O6. The van der Waals surface area contributed by atoms with Crippen molar-refractivity contribution >= 4 is 40.6 Å². The minimum absolute atomic E-state index is 0.108. The first-order chi connectivity index (χ1) is 18.1. The van der Waals surface area contributed by atoms with Crippen LogP contribution in [0.25, 0.3) is 10.9 Å². The number of aryl methyl sites for hydroxylation is 1. The van der Waals surface area contributed by atoms with Gasteiger partial charge in [0.05, 0.1) is 25.3 Å². The Morgan fingerprint density at radius 2 is 2.00 bits per heavy atom. The van der Waals surface area contributed by atoms with Crippen molar-refractivity contribution in [2.24, 2.45) is 0 Å². The molecule has 2 aromatic rings. The van der Waals surface area contributed by atoms with Crippen LogP contribution < -0.4 is 5.32 Å². The molecule has 2 fully saturated rings. The summed E-state index contributed by atoms with van der Waals surface area (Å²) in [7, 11) is 1.34.